The van der Waals surface area contributed by atoms with Crippen molar-refractivity contribution < 1.29 is 9.53 Å². The normalized spacial score (nSPS) is 23.3. The maximum atomic E-state index is 13.0. The second kappa shape index (κ2) is 9.79. The molecule has 2 aliphatic carbocycles. The quantitative estimate of drug-likeness (QED) is 0.698. The largest absolute Gasteiger partial charge is 0.383 e. The van der Waals surface area contributed by atoms with E-state index in [0.717, 1.165) is 54.8 Å². The van der Waals surface area contributed by atoms with Crippen LogP contribution in [0.25, 0.3) is 10.2 Å². The van der Waals surface area contributed by atoms with E-state index in [1.165, 1.54) is 36.9 Å². The zero-order chi connectivity index (χ0) is 21.1. The molecule has 2 aromatic rings. The van der Waals surface area contributed by atoms with Gasteiger partial charge in [0, 0.05) is 31.1 Å². The number of methoxy groups -OCH3 is 1. The smallest absolute Gasteiger partial charge is 0.261 e. The zero-order valence-electron chi connectivity index (χ0n) is 18.7. The molecule has 166 valence electrons. The summed E-state index contributed by atoms with van der Waals surface area (Å²) in [5, 5.41) is 9.28. The van der Waals surface area contributed by atoms with E-state index < -0.39 is 0 Å². The van der Waals surface area contributed by atoms with Gasteiger partial charge in [-0.2, -0.15) is 5.10 Å². The number of hydrogen-bond donors (Lipinski definition) is 1. The lowest BCUT2D eigenvalue weighted by Gasteiger charge is -2.34. The Balaban J connectivity index is 1.37. The number of nitrogens with zero attached hydrogens (tertiary/aromatic N) is 3. The Labute approximate surface area is 184 Å². The minimum Gasteiger partial charge on any atom is -0.383 e. The Morgan fingerprint density at radius 3 is 2.67 bits per heavy atom. The van der Waals surface area contributed by atoms with Gasteiger partial charge in [-0.3, -0.25) is 9.48 Å². The number of carbonyl (C=O) groups excluding carboxylic acids is 1. The van der Waals surface area contributed by atoms with Gasteiger partial charge in [0.1, 0.15) is 4.83 Å². The third-order valence-corrected chi connectivity index (χ3v) is 8.14. The summed E-state index contributed by atoms with van der Waals surface area (Å²) in [5.41, 5.74) is 1.05. The maximum absolute atomic E-state index is 13.0. The van der Waals surface area contributed by atoms with Gasteiger partial charge in [0.05, 0.1) is 23.2 Å². The van der Waals surface area contributed by atoms with Gasteiger partial charge in [-0.1, -0.05) is 19.3 Å². The first-order chi connectivity index (χ1) is 14.6. The number of nitrogens with one attached hydrogen (secondary N) is 1. The molecule has 0 spiro atoms. The number of aryl methyl sites for hydroxylation is 1. The molecule has 2 fully saturated rings. The molecule has 2 aromatic heterocycles. The Morgan fingerprint density at radius 1 is 1.23 bits per heavy atom. The molecule has 0 bridgehead atoms. The van der Waals surface area contributed by atoms with Crippen LogP contribution in [0.1, 0.15) is 79.2 Å². The summed E-state index contributed by atoms with van der Waals surface area (Å²) in [5.74, 6) is 0.0852. The van der Waals surface area contributed by atoms with Gasteiger partial charge < -0.3 is 15.0 Å². The predicted octanol–water partition coefficient (Wildman–Crippen LogP) is 4.53. The third kappa shape index (κ3) is 4.73. The van der Waals surface area contributed by atoms with Crippen molar-refractivity contribution in [2.24, 2.45) is 0 Å². The van der Waals surface area contributed by atoms with E-state index in [-0.39, 0.29) is 11.9 Å². The standard InChI is InChI=1S/C23H36N4O2S/c1-16-20-15-21(30-23(20)27(25-16)19-7-5-4-6-8-19)22(28)24-17-9-11-18(12-10-17)26(2)13-14-29-3/h15,17-19H,4-14H2,1-3H3,(H,24,28)/t17-,18+. The Hall–Kier alpha value is -1.44. The van der Waals surface area contributed by atoms with Crippen LogP contribution in [0.3, 0.4) is 0 Å². The van der Waals surface area contributed by atoms with Crippen molar-refractivity contribution in [1.82, 2.24) is 20.0 Å². The molecule has 2 heterocycles. The maximum Gasteiger partial charge on any atom is 0.261 e. The van der Waals surface area contributed by atoms with Crippen molar-refractivity contribution in [3.05, 3.63) is 16.6 Å². The average Bonchev–Trinajstić information content (AvgIpc) is 3.34. The summed E-state index contributed by atoms with van der Waals surface area (Å²) >= 11 is 1.62. The number of carbonyl (C=O) groups is 1. The first-order valence-electron chi connectivity index (χ1n) is 11.6. The number of amides is 1. The highest BCUT2D eigenvalue weighted by atomic mass is 32.1. The van der Waals surface area contributed by atoms with Crippen molar-refractivity contribution in [3.8, 4) is 0 Å². The summed E-state index contributed by atoms with van der Waals surface area (Å²) in [6, 6.07) is 3.43. The monoisotopic (exact) mass is 432 g/mol. The van der Waals surface area contributed by atoms with Crippen molar-refractivity contribution >= 4 is 27.5 Å². The number of likely N-dealkylation sites (N-methyl/N-ethyl adjacent to an activating group) is 1. The SMILES string of the molecule is COCCN(C)[C@H]1CC[C@@H](NC(=O)c2cc3c(C)nn(C4CCCCC4)c3s2)CC1. The summed E-state index contributed by atoms with van der Waals surface area (Å²) in [4.78, 5) is 17.4. The molecule has 2 saturated carbocycles. The van der Waals surface area contributed by atoms with Crippen LogP contribution in [0.4, 0.5) is 0 Å². The Morgan fingerprint density at radius 2 is 1.97 bits per heavy atom. The highest BCUT2D eigenvalue weighted by Crippen LogP contribution is 2.35. The molecular formula is C23H36N4O2S. The molecule has 0 atom stereocenters. The average molecular weight is 433 g/mol. The van der Waals surface area contributed by atoms with E-state index in [2.05, 4.69) is 34.9 Å². The molecule has 2 aliphatic rings. The van der Waals surface area contributed by atoms with Crippen molar-refractivity contribution in [3.63, 3.8) is 0 Å². The number of ether oxygens (including phenoxy) is 1. The molecule has 1 N–H and O–H groups in total. The first-order valence-corrected chi connectivity index (χ1v) is 12.4. The number of thiophene rings is 1. The highest BCUT2D eigenvalue weighted by molar-refractivity contribution is 7.20. The van der Waals surface area contributed by atoms with Gasteiger partial charge in [-0.05, 0) is 58.6 Å². The van der Waals surface area contributed by atoms with Crippen LogP contribution in [0, 0.1) is 6.92 Å². The van der Waals surface area contributed by atoms with Crippen LogP contribution in [0.2, 0.25) is 0 Å². The van der Waals surface area contributed by atoms with Gasteiger partial charge in [-0.25, -0.2) is 0 Å². The summed E-state index contributed by atoms with van der Waals surface area (Å²) in [6.45, 7) is 3.81. The molecule has 0 radical (unpaired) electrons. The second-order valence-electron chi connectivity index (χ2n) is 9.10. The lowest BCUT2D eigenvalue weighted by molar-refractivity contribution is 0.0900. The molecule has 0 saturated heterocycles. The summed E-state index contributed by atoms with van der Waals surface area (Å²) in [7, 11) is 3.93. The molecule has 30 heavy (non-hydrogen) atoms. The van der Waals surface area contributed by atoms with Gasteiger partial charge in [-0.15, -0.1) is 11.3 Å². The van der Waals surface area contributed by atoms with E-state index in [9.17, 15) is 4.79 Å². The summed E-state index contributed by atoms with van der Waals surface area (Å²) in [6.07, 6.45) is 10.7. The fourth-order valence-electron chi connectivity index (χ4n) is 5.09. The second-order valence-corrected chi connectivity index (χ2v) is 10.1. The lowest BCUT2D eigenvalue weighted by atomic mass is 9.90. The van der Waals surface area contributed by atoms with E-state index in [1.807, 2.05) is 0 Å². The van der Waals surface area contributed by atoms with Crippen molar-refractivity contribution in [1.29, 1.82) is 0 Å². The third-order valence-electron chi connectivity index (χ3n) is 7.02. The molecule has 0 aromatic carbocycles. The van der Waals surface area contributed by atoms with Crippen LogP contribution < -0.4 is 5.32 Å². The molecular weight excluding hydrogens is 396 g/mol. The Bertz CT molecular complexity index is 847. The van der Waals surface area contributed by atoms with Crippen LogP contribution in [-0.4, -0.2) is 60.0 Å². The molecule has 7 heteroatoms. The fourth-order valence-corrected chi connectivity index (χ4v) is 6.23. The molecule has 1 amide bonds. The molecule has 0 unspecified atom stereocenters. The zero-order valence-corrected chi connectivity index (χ0v) is 19.5. The first kappa shape index (κ1) is 21.8. The van der Waals surface area contributed by atoms with Gasteiger partial charge in [0.2, 0.25) is 0 Å². The van der Waals surface area contributed by atoms with Crippen LogP contribution in [-0.2, 0) is 4.74 Å². The van der Waals surface area contributed by atoms with Crippen LogP contribution >= 0.6 is 11.3 Å². The molecule has 0 aliphatic heterocycles. The van der Waals surface area contributed by atoms with E-state index in [1.54, 1.807) is 18.4 Å². The van der Waals surface area contributed by atoms with Crippen LogP contribution in [0.5, 0.6) is 0 Å². The number of rotatable bonds is 7. The van der Waals surface area contributed by atoms with Crippen molar-refractivity contribution in [2.45, 2.75) is 82.8 Å². The molecule has 4 rings (SSSR count). The minimum absolute atomic E-state index is 0.0852. The number of hydrogen-bond acceptors (Lipinski definition) is 5. The van der Waals surface area contributed by atoms with Gasteiger partial charge in [0.15, 0.2) is 0 Å². The lowest BCUT2D eigenvalue weighted by Crippen LogP contribution is -2.43. The minimum atomic E-state index is 0.0852. The van der Waals surface area contributed by atoms with Crippen molar-refractivity contribution in [2.75, 3.05) is 27.3 Å². The van der Waals surface area contributed by atoms with E-state index in [0.29, 0.717) is 12.1 Å². The number of aromatic nitrogens is 2. The topological polar surface area (TPSA) is 59.4 Å². The Kier molecular flexibility index (Phi) is 7.11. The van der Waals surface area contributed by atoms with Gasteiger partial charge >= 0.3 is 0 Å². The van der Waals surface area contributed by atoms with Crippen LogP contribution in [0.15, 0.2) is 6.07 Å². The highest BCUT2D eigenvalue weighted by Gasteiger charge is 2.27. The predicted molar refractivity (Wildman–Crippen MR) is 122 cm³/mol. The van der Waals surface area contributed by atoms with Gasteiger partial charge in [0.25, 0.3) is 5.91 Å². The fraction of sp³-hybridized carbons (Fsp3) is 0.739. The van der Waals surface area contributed by atoms with E-state index >= 15 is 0 Å². The summed E-state index contributed by atoms with van der Waals surface area (Å²) < 4.78 is 7.41. The van der Waals surface area contributed by atoms with E-state index in [4.69, 9.17) is 9.84 Å². The number of fused-ring (bicyclic) bond motifs is 1. The molecule has 6 nitrogen and oxygen atoms in total.